The molecule has 0 radical (unpaired) electrons. The van der Waals surface area contributed by atoms with E-state index in [2.05, 4.69) is 20.2 Å². The lowest BCUT2D eigenvalue weighted by Gasteiger charge is -1.94. The highest BCUT2D eigenvalue weighted by molar-refractivity contribution is 8.01. The minimum absolute atomic E-state index is 0.182. The van der Waals surface area contributed by atoms with Crippen molar-refractivity contribution in [3.8, 4) is 10.7 Å². The molecule has 0 aliphatic heterocycles. The molecule has 19 heavy (non-hydrogen) atoms. The molecule has 0 spiro atoms. The lowest BCUT2D eigenvalue weighted by Crippen LogP contribution is -1.83. The van der Waals surface area contributed by atoms with Crippen LogP contribution in [0.4, 0.5) is 13.2 Å². The van der Waals surface area contributed by atoms with E-state index in [1.165, 1.54) is 29.4 Å². The second-order valence-electron chi connectivity index (χ2n) is 3.23. The summed E-state index contributed by atoms with van der Waals surface area (Å²) in [5.41, 5.74) is 0.639. The summed E-state index contributed by atoms with van der Waals surface area (Å²) < 4.78 is 36.8. The second-order valence-corrected chi connectivity index (χ2v) is 5.55. The van der Waals surface area contributed by atoms with Gasteiger partial charge in [-0.25, -0.2) is 14.4 Å². The third-order valence-electron chi connectivity index (χ3n) is 1.96. The molecule has 0 aliphatic rings. The van der Waals surface area contributed by atoms with Gasteiger partial charge >= 0.3 is 6.08 Å². The molecule has 0 fully saturated rings. The van der Waals surface area contributed by atoms with E-state index < -0.39 is 11.9 Å². The van der Waals surface area contributed by atoms with Gasteiger partial charge in [-0.2, -0.15) is 8.78 Å². The maximum Gasteiger partial charge on any atom is 0.301 e. The van der Waals surface area contributed by atoms with Crippen LogP contribution in [0.1, 0.15) is 6.42 Å². The highest BCUT2D eigenvalue weighted by Crippen LogP contribution is 2.29. The lowest BCUT2D eigenvalue weighted by molar-refractivity contribution is 0.373. The molecule has 9 heteroatoms. The van der Waals surface area contributed by atoms with Crippen LogP contribution in [0, 0.1) is 0 Å². The molecule has 0 bridgehead atoms. The SMILES string of the molecule is FC(F)=C(F)CCSc1nnc(-c2ccncn2)s1. The van der Waals surface area contributed by atoms with Crippen molar-refractivity contribution in [2.75, 3.05) is 5.75 Å². The topological polar surface area (TPSA) is 51.6 Å². The van der Waals surface area contributed by atoms with Crippen molar-refractivity contribution in [2.24, 2.45) is 0 Å². The van der Waals surface area contributed by atoms with Gasteiger partial charge in [0, 0.05) is 18.4 Å². The van der Waals surface area contributed by atoms with Crippen molar-refractivity contribution < 1.29 is 13.2 Å². The molecule has 0 aliphatic carbocycles. The minimum Gasteiger partial charge on any atom is -0.245 e. The standard InChI is InChI=1S/C10H7F3N4S2/c11-6(8(12)13)2-4-18-10-17-16-9(19-10)7-1-3-14-5-15-7/h1,3,5H,2,4H2. The van der Waals surface area contributed by atoms with Crippen molar-refractivity contribution in [3.05, 3.63) is 30.5 Å². The van der Waals surface area contributed by atoms with Crippen LogP contribution in [0.2, 0.25) is 0 Å². The number of hydrogen-bond acceptors (Lipinski definition) is 6. The van der Waals surface area contributed by atoms with Gasteiger partial charge in [-0.05, 0) is 6.07 Å². The van der Waals surface area contributed by atoms with Gasteiger partial charge in [0.1, 0.15) is 12.0 Å². The Balaban J connectivity index is 1.94. The number of aromatic nitrogens is 4. The first kappa shape index (κ1) is 13.9. The van der Waals surface area contributed by atoms with Crippen LogP contribution in [0.15, 0.2) is 34.8 Å². The van der Waals surface area contributed by atoms with Gasteiger partial charge in [0.25, 0.3) is 0 Å². The fourth-order valence-corrected chi connectivity index (χ4v) is 2.94. The second kappa shape index (κ2) is 6.62. The van der Waals surface area contributed by atoms with Crippen LogP contribution in [0.3, 0.4) is 0 Å². The molecule has 100 valence electrons. The van der Waals surface area contributed by atoms with E-state index in [0.29, 0.717) is 15.0 Å². The Hall–Kier alpha value is -1.48. The molecular weight excluding hydrogens is 297 g/mol. The zero-order chi connectivity index (χ0) is 13.7. The summed E-state index contributed by atoms with van der Waals surface area (Å²) in [6.07, 6.45) is 0.392. The van der Waals surface area contributed by atoms with E-state index >= 15 is 0 Å². The number of nitrogens with zero attached hydrogens (tertiary/aromatic N) is 4. The van der Waals surface area contributed by atoms with Gasteiger partial charge < -0.3 is 0 Å². The van der Waals surface area contributed by atoms with Crippen LogP contribution in [0.25, 0.3) is 10.7 Å². The molecule has 0 atom stereocenters. The summed E-state index contributed by atoms with van der Waals surface area (Å²) >= 11 is 2.45. The van der Waals surface area contributed by atoms with Gasteiger partial charge in [-0.15, -0.1) is 10.2 Å². The van der Waals surface area contributed by atoms with E-state index in [1.807, 2.05) is 0 Å². The molecule has 2 rings (SSSR count). The maximum absolute atomic E-state index is 12.6. The molecule has 2 aromatic heterocycles. The number of rotatable bonds is 5. The van der Waals surface area contributed by atoms with Crippen molar-refractivity contribution in [1.29, 1.82) is 0 Å². The first-order chi connectivity index (χ1) is 9.16. The molecule has 2 heterocycles. The quantitative estimate of drug-likeness (QED) is 0.791. The Kier molecular flexibility index (Phi) is 4.86. The van der Waals surface area contributed by atoms with Crippen LogP contribution < -0.4 is 0 Å². The Bertz CT molecular complexity index is 569. The third kappa shape index (κ3) is 4.00. The molecule has 0 N–H and O–H groups in total. The molecule has 0 saturated heterocycles. The van der Waals surface area contributed by atoms with E-state index in [1.54, 1.807) is 12.3 Å². The largest absolute Gasteiger partial charge is 0.301 e. The van der Waals surface area contributed by atoms with Crippen molar-refractivity contribution >= 4 is 23.1 Å². The van der Waals surface area contributed by atoms with E-state index in [-0.39, 0.29) is 12.2 Å². The fourth-order valence-electron chi connectivity index (χ4n) is 1.11. The number of halogens is 3. The van der Waals surface area contributed by atoms with Gasteiger partial charge in [0.2, 0.25) is 0 Å². The fraction of sp³-hybridized carbons (Fsp3) is 0.200. The predicted molar refractivity (Wildman–Crippen MR) is 66.6 cm³/mol. The highest BCUT2D eigenvalue weighted by Gasteiger charge is 2.09. The maximum atomic E-state index is 12.6. The molecular formula is C10H7F3N4S2. The smallest absolute Gasteiger partial charge is 0.245 e. The van der Waals surface area contributed by atoms with Crippen molar-refractivity contribution in [1.82, 2.24) is 20.2 Å². The summed E-state index contributed by atoms with van der Waals surface area (Å²) in [5.74, 6) is -1.20. The summed E-state index contributed by atoms with van der Waals surface area (Å²) in [6, 6.07) is 1.69. The van der Waals surface area contributed by atoms with Crippen molar-refractivity contribution in [3.63, 3.8) is 0 Å². The van der Waals surface area contributed by atoms with E-state index in [0.717, 1.165) is 0 Å². The molecule has 4 nitrogen and oxygen atoms in total. The van der Waals surface area contributed by atoms with Gasteiger partial charge in [0.15, 0.2) is 15.2 Å². The molecule has 0 aromatic carbocycles. The Morgan fingerprint density at radius 1 is 1.26 bits per heavy atom. The van der Waals surface area contributed by atoms with Gasteiger partial charge in [-0.3, -0.25) is 0 Å². The van der Waals surface area contributed by atoms with Gasteiger partial charge in [0.05, 0.1) is 0 Å². The zero-order valence-corrected chi connectivity index (χ0v) is 11.0. The third-order valence-corrected chi connectivity index (χ3v) is 4.04. The van der Waals surface area contributed by atoms with Crippen LogP contribution >= 0.6 is 23.1 Å². The molecule has 0 amide bonds. The zero-order valence-electron chi connectivity index (χ0n) is 9.39. The summed E-state index contributed by atoms with van der Waals surface area (Å²) in [6.45, 7) is 0. The van der Waals surface area contributed by atoms with Crippen LogP contribution in [-0.4, -0.2) is 25.9 Å². The van der Waals surface area contributed by atoms with E-state index in [4.69, 9.17) is 0 Å². The van der Waals surface area contributed by atoms with Crippen molar-refractivity contribution in [2.45, 2.75) is 10.8 Å². The van der Waals surface area contributed by atoms with E-state index in [9.17, 15) is 13.2 Å². The minimum atomic E-state index is -2.26. The average Bonchev–Trinajstić information content (AvgIpc) is 2.88. The molecule has 0 saturated carbocycles. The number of thioether (sulfide) groups is 1. The van der Waals surface area contributed by atoms with Crippen LogP contribution in [0.5, 0.6) is 0 Å². The number of hydrogen-bond donors (Lipinski definition) is 0. The first-order valence-corrected chi connectivity index (χ1v) is 6.89. The number of allylic oxidation sites excluding steroid dienone is 1. The summed E-state index contributed by atoms with van der Waals surface area (Å²) in [5, 5.41) is 8.41. The average molecular weight is 304 g/mol. The molecule has 0 unspecified atom stereocenters. The highest BCUT2D eigenvalue weighted by atomic mass is 32.2. The Labute approximate surface area is 114 Å². The predicted octanol–water partition coefficient (Wildman–Crippen LogP) is 3.55. The Morgan fingerprint density at radius 3 is 2.79 bits per heavy atom. The van der Waals surface area contributed by atoms with Crippen LogP contribution in [-0.2, 0) is 0 Å². The molecule has 2 aromatic rings. The Morgan fingerprint density at radius 2 is 2.11 bits per heavy atom. The monoisotopic (exact) mass is 304 g/mol. The first-order valence-electron chi connectivity index (χ1n) is 5.09. The lowest BCUT2D eigenvalue weighted by atomic mass is 10.4. The van der Waals surface area contributed by atoms with Gasteiger partial charge in [-0.1, -0.05) is 23.1 Å². The summed E-state index contributed by atoms with van der Waals surface area (Å²) in [4.78, 5) is 7.80. The summed E-state index contributed by atoms with van der Waals surface area (Å²) in [7, 11) is 0. The normalized spacial score (nSPS) is 10.5.